The number of hydrogen-bond donors (Lipinski definition) is 3. The van der Waals surface area contributed by atoms with Crippen molar-refractivity contribution in [2.45, 2.75) is 12.8 Å². The first-order valence-corrected chi connectivity index (χ1v) is 9.15. The van der Waals surface area contributed by atoms with Crippen molar-refractivity contribution in [1.29, 1.82) is 0 Å². The number of nitrogens with one attached hydrogen (secondary N) is 3. The quantitative estimate of drug-likeness (QED) is 0.455. The van der Waals surface area contributed by atoms with Crippen molar-refractivity contribution in [2.75, 3.05) is 11.9 Å². The molecular formula is C19H17Cl2N3O5. The van der Waals surface area contributed by atoms with Crippen molar-refractivity contribution in [1.82, 2.24) is 10.9 Å². The van der Waals surface area contributed by atoms with E-state index in [1.807, 2.05) is 0 Å². The van der Waals surface area contributed by atoms with E-state index in [9.17, 15) is 19.2 Å². The van der Waals surface area contributed by atoms with E-state index in [1.54, 1.807) is 36.4 Å². The minimum absolute atomic E-state index is 0.119. The highest BCUT2D eigenvalue weighted by Gasteiger charge is 2.13. The van der Waals surface area contributed by atoms with Gasteiger partial charge in [-0.25, -0.2) is 0 Å². The normalized spacial score (nSPS) is 10.0. The Balaban J connectivity index is 1.64. The number of ether oxygens (including phenoxy) is 1. The fraction of sp³-hybridized carbons (Fsp3) is 0.158. The number of esters is 1. The van der Waals surface area contributed by atoms with Gasteiger partial charge in [0.05, 0.1) is 17.0 Å². The summed E-state index contributed by atoms with van der Waals surface area (Å²) in [6.45, 7) is -0.611. The molecule has 0 heterocycles. The van der Waals surface area contributed by atoms with E-state index in [0.717, 1.165) is 0 Å². The Kier molecular flexibility index (Phi) is 8.45. The molecule has 0 saturated heterocycles. The van der Waals surface area contributed by atoms with Gasteiger partial charge in [0.2, 0.25) is 5.91 Å². The summed E-state index contributed by atoms with van der Waals surface area (Å²) in [5.41, 5.74) is 4.98. The molecule has 0 atom stereocenters. The highest BCUT2D eigenvalue weighted by Crippen LogP contribution is 2.14. The van der Waals surface area contributed by atoms with Gasteiger partial charge in [0, 0.05) is 17.1 Å². The summed E-state index contributed by atoms with van der Waals surface area (Å²) < 4.78 is 4.76. The maximum atomic E-state index is 11.9. The number of benzene rings is 2. The maximum Gasteiger partial charge on any atom is 0.306 e. The summed E-state index contributed by atoms with van der Waals surface area (Å²) in [7, 11) is 0. The van der Waals surface area contributed by atoms with Gasteiger partial charge in [-0.15, -0.1) is 0 Å². The number of hydrogen-bond acceptors (Lipinski definition) is 5. The zero-order chi connectivity index (χ0) is 21.2. The molecule has 29 heavy (non-hydrogen) atoms. The molecule has 10 heteroatoms. The summed E-state index contributed by atoms with van der Waals surface area (Å²) in [6, 6.07) is 12.8. The first-order valence-electron chi connectivity index (χ1n) is 8.40. The van der Waals surface area contributed by atoms with Crippen molar-refractivity contribution < 1.29 is 23.9 Å². The van der Waals surface area contributed by atoms with Crippen LogP contribution in [0.25, 0.3) is 0 Å². The van der Waals surface area contributed by atoms with Gasteiger partial charge in [-0.05, 0) is 36.4 Å². The molecule has 0 aliphatic carbocycles. The Morgan fingerprint density at radius 2 is 1.52 bits per heavy atom. The topological polar surface area (TPSA) is 114 Å². The van der Waals surface area contributed by atoms with Crippen LogP contribution < -0.4 is 16.2 Å². The van der Waals surface area contributed by atoms with E-state index >= 15 is 0 Å². The van der Waals surface area contributed by atoms with Crippen LogP contribution in [0.15, 0.2) is 48.5 Å². The van der Waals surface area contributed by atoms with Crippen LogP contribution in [0.2, 0.25) is 10.0 Å². The van der Waals surface area contributed by atoms with Crippen molar-refractivity contribution in [3.8, 4) is 0 Å². The molecule has 0 unspecified atom stereocenters. The molecule has 0 aliphatic heterocycles. The van der Waals surface area contributed by atoms with Gasteiger partial charge in [-0.3, -0.25) is 30.0 Å². The van der Waals surface area contributed by atoms with Crippen LogP contribution in [0.1, 0.15) is 23.2 Å². The Labute approximate surface area is 176 Å². The molecule has 0 radical (unpaired) electrons. The standard InChI is InChI=1S/C19H17Cl2N3O5/c20-12-5-7-13(8-6-12)22-16(25)9-10-18(27)29-11-17(26)23-24-19(28)14-3-1-2-4-15(14)21/h1-8H,9-11H2,(H,22,25)(H,23,26)(H,24,28). The molecule has 0 saturated carbocycles. The van der Waals surface area contributed by atoms with Crippen LogP contribution in [-0.4, -0.2) is 30.3 Å². The summed E-state index contributed by atoms with van der Waals surface area (Å²) in [5.74, 6) is -2.48. The number of halogens is 2. The SMILES string of the molecule is O=C(COC(=O)CCC(=O)Nc1ccc(Cl)cc1)NNC(=O)c1ccccc1Cl. The van der Waals surface area contributed by atoms with Gasteiger partial charge >= 0.3 is 5.97 Å². The third-order valence-corrected chi connectivity index (χ3v) is 4.06. The Morgan fingerprint density at radius 1 is 0.828 bits per heavy atom. The van der Waals surface area contributed by atoms with Gasteiger partial charge in [0.15, 0.2) is 6.61 Å². The molecule has 2 aromatic rings. The number of anilines is 1. The summed E-state index contributed by atoms with van der Waals surface area (Å²) in [5, 5.41) is 3.36. The summed E-state index contributed by atoms with van der Waals surface area (Å²) in [4.78, 5) is 47.0. The van der Waals surface area contributed by atoms with E-state index in [1.165, 1.54) is 12.1 Å². The average Bonchev–Trinajstić information content (AvgIpc) is 2.71. The van der Waals surface area contributed by atoms with Crippen LogP contribution in [-0.2, 0) is 19.1 Å². The lowest BCUT2D eigenvalue weighted by atomic mass is 10.2. The lowest BCUT2D eigenvalue weighted by Crippen LogP contribution is -2.43. The fourth-order valence-electron chi connectivity index (χ4n) is 2.07. The third-order valence-electron chi connectivity index (χ3n) is 3.48. The molecule has 8 nitrogen and oxygen atoms in total. The van der Waals surface area contributed by atoms with Crippen molar-refractivity contribution >= 4 is 52.6 Å². The maximum absolute atomic E-state index is 11.9. The number of hydrazine groups is 1. The Hall–Kier alpha value is -3.10. The second-order valence-electron chi connectivity index (χ2n) is 5.70. The fourth-order valence-corrected chi connectivity index (χ4v) is 2.41. The lowest BCUT2D eigenvalue weighted by Gasteiger charge is -2.09. The highest BCUT2D eigenvalue weighted by molar-refractivity contribution is 6.33. The zero-order valence-corrected chi connectivity index (χ0v) is 16.5. The Morgan fingerprint density at radius 3 is 2.21 bits per heavy atom. The van der Waals surface area contributed by atoms with Gasteiger partial charge in [-0.1, -0.05) is 35.3 Å². The summed E-state index contributed by atoms with van der Waals surface area (Å²) in [6.07, 6.45) is -0.328. The lowest BCUT2D eigenvalue weighted by molar-refractivity contribution is -0.149. The van der Waals surface area contributed by atoms with Gasteiger partial charge < -0.3 is 10.1 Å². The first-order chi connectivity index (χ1) is 13.8. The molecule has 0 spiro atoms. The van der Waals surface area contributed by atoms with Crippen LogP contribution in [0.4, 0.5) is 5.69 Å². The van der Waals surface area contributed by atoms with Crippen LogP contribution in [0.3, 0.4) is 0 Å². The first kappa shape index (κ1) is 22.2. The predicted molar refractivity (Wildman–Crippen MR) is 107 cm³/mol. The highest BCUT2D eigenvalue weighted by atomic mass is 35.5. The number of rotatable bonds is 7. The molecule has 2 aromatic carbocycles. The molecule has 3 N–H and O–H groups in total. The molecular weight excluding hydrogens is 421 g/mol. The van der Waals surface area contributed by atoms with Crippen LogP contribution in [0, 0.1) is 0 Å². The van der Waals surface area contributed by atoms with E-state index in [-0.39, 0.29) is 29.3 Å². The van der Waals surface area contributed by atoms with Crippen LogP contribution >= 0.6 is 23.2 Å². The minimum atomic E-state index is -0.746. The van der Waals surface area contributed by atoms with Gasteiger partial charge in [0.1, 0.15) is 0 Å². The molecule has 3 amide bonds. The van der Waals surface area contributed by atoms with Crippen molar-refractivity contribution in [3.63, 3.8) is 0 Å². The largest absolute Gasteiger partial charge is 0.455 e. The molecule has 0 aromatic heterocycles. The predicted octanol–water partition coefficient (Wildman–Crippen LogP) is 2.72. The van der Waals surface area contributed by atoms with E-state index in [2.05, 4.69) is 16.2 Å². The van der Waals surface area contributed by atoms with Crippen molar-refractivity contribution in [3.05, 3.63) is 64.1 Å². The van der Waals surface area contributed by atoms with E-state index in [4.69, 9.17) is 27.9 Å². The number of carbonyl (C=O) groups is 4. The van der Waals surface area contributed by atoms with Crippen LogP contribution in [0.5, 0.6) is 0 Å². The van der Waals surface area contributed by atoms with E-state index in [0.29, 0.717) is 10.7 Å². The monoisotopic (exact) mass is 437 g/mol. The molecule has 152 valence electrons. The second kappa shape index (κ2) is 11.0. The average molecular weight is 438 g/mol. The second-order valence-corrected chi connectivity index (χ2v) is 6.54. The molecule has 0 bridgehead atoms. The zero-order valence-electron chi connectivity index (χ0n) is 15.0. The minimum Gasteiger partial charge on any atom is -0.455 e. The summed E-state index contributed by atoms with van der Waals surface area (Å²) >= 11 is 11.6. The number of amides is 3. The van der Waals surface area contributed by atoms with Gasteiger partial charge in [-0.2, -0.15) is 0 Å². The van der Waals surface area contributed by atoms with Crippen molar-refractivity contribution in [2.24, 2.45) is 0 Å². The molecule has 0 aliphatic rings. The smallest absolute Gasteiger partial charge is 0.306 e. The van der Waals surface area contributed by atoms with Gasteiger partial charge in [0.25, 0.3) is 11.8 Å². The Bertz CT molecular complexity index is 903. The third kappa shape index (κ3) is 7.81. The number of carbonyl (C=O) groups excluding carboxylic acids is 4. The van der Waals surface area contributed by atoms with E-state index < -0.39 is 24.4 Å². The molecule has 0 fully saturated rings. The molecule has 2 rings (SSSR count).